The largest absolute Gasteiger partial charge is 0.493 e. The Kier molecular flexibility index (Phi) is 25.1. The summed E-state index contributed by atoms with van der Waals surface area (Å²) in [5.74, 6) is 3.51. The Morgan fingerprint density at radius 3 is 1.04 bits per heavy atom. The van der Waals surface area contributed by atoms with E-state index < -0.39 is 25.2 Å². The van der Waals surface area contributed by atoms with Crippen LogP contribution < -0.4 is 94.2 Å². The number of ether oxygens (including phenoxy) is 4. The van der Waals surface area contributed by atoms with Gasteiger partial charge in [-0.1, -0.05) is 106 Å². The zero-order valence-electron chi connectivity index (χ0n) is 52.0. The third kappa shape index (κ3) is 19.6. The first-order chi connectivity index (χ1) is 40.4. The molecule has 0 saturated carbocycles. The number of hydrogen-bond donors (Lipinski definition) is 14. The van der Waals surface area contributed by atoms with Crippen molar-refractivity contribution in [2.45, 2.75) is 184 Å². The number of nitrogens with two attached hydrogens (primary N) is 2. The second-order valence-corrected chi connectivity index (χ2v) is 24.3. The number of carbonyl (C=O) groups is 2. The SMILES string of the molecule is CCCOc1c2cccc1Cc1cc(NC3NC(N)NC(NCC(C)(C)CNC(=O)CCC)N3)cc(c1OCCC)Cc1cccc(c1OCCC)Cc1cc(NC3NC(N)NC(NCC(C)(C)CNC(=O)CCC)N3)cc(c1OCCC)C2. The lowest BCUT2D eigenvalue weighted by Crippen LogP contribution is -2.75. The Balaban J connectivity index is 1.28. The van der Waals surface area contributed by atoms with Crippen LogP contribution in [-0.4, -0.2) is 102 Å². The summed E-state index contributed by atoms with van der Waals surface area (Å²) in [5.41, 5.74) is 22.8. The van der Waals surface area contributed by atoms with E-state index in [9.17, 15) is 9.59 Å². The summed E-state index contributed by atoms with van der Waals surface area (Å²) >= 11 is 0. The molecule has 3 aliphatic rings. The molecule has 8 bridgehead atoms. The molecule has 2 amide bonds. The highest BCUT2D eigenvalue weighted by molar-refractivity contribution is 5.76. The quantitative estimate of drug-likeness (QED) is 0.0231. The fourth-order valence-electron chi connectivity index (χ4n) is 10.7. The topological polar surface area (TPSA) is 267 Å². The molecule has 464 valence electrons. The number of benzene rings is 4. The summed E-state index contributed by atoms with van der Waals surface area (Å²) in [6, 6.07) is 21.7. The summed E-state index contributed by atoms with van der Waals surface area (Å²) in [6.45, 7) is 25.6. The van der Waals surface area contributed by atoms with Gasteiger partial charge in [0.05, 0.1) is 26.4 Å². The Morgan fingerprint density at radius 1 is 0.440 bits per heavy atom. The molecule has 4 aromatic carbocycles. The minimum atomic E-state index is -0.536. The van der Waals surface area contributed by atoms with Crippen LogP contribution in [0.3, 0.4) is 0 Å². The Labute approximate surface area is 500 Å². The van der Waals surface area contributed by atoms with E-state index in [1.807, 2.05) is 13.8 Å². The standard InChI is InChI=1S/C64H102N14O6/c1-11-19-51(79)67-37-63(7,8)39-69-59-73-57(65)75-61(77-59)71-49-33-45-29-41-21-17-23-43(53(41)81-25-13-3)31-47-35-50(72-62-76-58(66)74-60(78-62)70-40-64(9,10)38-68-52(80)20-12-2)36-48(56(47)84-28-16-6)32-44-24-18-22-42(54(44)82-26-14-4)30-46(34-49)55(45)83-27-15-5/h17-18,21-24,33-36,57-62,69-78H,11-16,19-20,25-32,37-40,65-66H2,1-10H3,(H,67,79)(H,68,80). The van der Waals surface area contributed by atoms with Crippen LogP contribution in [0.1, 0.15) is 165 Å². The fraction of sp³-hybridized carbons (Fsp3) is 0.594. The van der Waals surface area contributed by atoms with Gasteiger partial charge in [0, 0.05) is 98.3 Å². The second-order valence-electron chi connectivity index (χ2n) is 24.3. The number of nitrogens with one attached hydrogen (secondary N) is 12. The molecule has 0 radical (unpaired) electrons. The van der Waals surface area contributed by atoms with Gasteiger partial charge in [0.1, 0.15) is 60.7 Å². The minimum absolute atomic E-state index is 0.0650. The highest BCUT2D eigenvalue weighted by Crippen LogP contribution is 2.41. The van der Waals surface area contributed by atoms with E-state index in [-0.39, 0.29) is 35.2 Å². The van der Waals surface area contributed by atoms with Crippen molar-refractivity contribution in [2.75, 3.05) is 63.2 Å². The molecule has 6 atom stereocenters. The van der Waals surface area contributed by atoms with Crippen LogP contribution >= 0.6 is 0 Å². The molecule has 20 heteroatoms. The second kappa shape index (κ2) is 32.1. The van der Waals surface area contributed by atoms with Gasteiger partial charge in [-0.05, 0) is 95.9 Å². The van der Waals surface area contributed by atoms with Crippen molar-refractivity contribution < 1.29 is 28.5 Å². The molecule has 84 heavy (non-hydrogen) atoms. The van der Waals surface area contributed by atoms with Crippen molar-refractivity contribution in [1.29, 1.82) is 0 Å². The van der Waals surface area contributed by atoms with Crippen molar-refractivity contribution in [1.82, 2.24) is 53.2 Å². The number of amides is 2. The lowest BCUT2D eigenvalue weighted by molar-refractivity contribution is -0.122. The number of para-hydroxylation sites is 2. The lowest BCUT2D eigenvalue weighted by Gasteiger charge is -2.39. The van der Waals surface area contributed by atoms with Crippen LogP contribution in [0, 0.1) is 10.8 Å². The third-order valence-electron chi connectivity index (χ3n) is 14.9. The molecule has 2 saturated heterocycles. The number of anilines is 2. The molecular formula is C64H102N14O6. The van der Waals surface area contributed by atoms with E-state index in [2.05, 4.69) is 180 Å². The van der Waals surface area contributed by atoms with Gasteiger partial charge >= 0.3 is 0 Å². The molecule has 20 nitrogen and oxygen atoms in total. The van der Waals surface area contributed by atoms with Crippen molar-refractivity contribution in [3.05, 3.63) is 105 Å². The molecule has 2 aliphatic heterocycles. The number of carbonyl (C=O) groups excluding carboxylic acids is 2. The van der Waals surface area contributed by atoms with Gasteiger partial charge in [-0.15, -0.1) is 0 Å². The lowest BCUT2D eigenvalue weighted by atomic mass is 9.90. The molecule has 6 unspecified atom stereocenters. The molecule has 7 rings (SSSR count). The third-order valence-corrected chi connectivity index (χ3v) is 14.9. The molecule has 0 spiro atoms. The van der Waals surface area contributed by atoms with E-state index in [4.69, 9.17) is 30.4 Å². The fourth-order valence-corrected chi connectivity index (χ4v) is 10.7. The van der Waals surface area contributed by atoms with E-state index in [0.717, 1.165) is 117 Å². The molecule has 2 heterocycles. The van der Waals surface area contributed by atoms with Crippen molar-refractivity contribution in [3.8, 4) is 23.0 Å². The monoisotopic (exact) mass is 1160 g/mol. The first-order valence-corrected chi connectivity index (χ1v) is 31.1. The summed E-state index contributed by atoms with van der Waals surface area (Å²) in [6.07, 6.45) is 5.43. The Bertz CT molecular complexity index is 2470. The smallest absolute Gasteiger partial charge is 0.220 e. The van der Waals surface area contributed by atoms with Gasteiger partial charge in [-0.2, -0.15) is 0 Å². The maximum Gasteiger partial charge on any atom is 0.220 e. The summed E-state index contributed by atoms with van der Waals surface area (Å²) in [4.78, 5) is 24.7. The van der Waals surface area contributed by atoms with Gasteiger partial charge in [-0.25, -0.2) is 0 Å². The van der Waals surface area contributed by atoms with Gasteiger partial charge in [0.2, 0.25) is 11.8 Å². The molecule has 16 N–H and O–H groups in total. The highest BCUT2D eigenvalue weighted by atomic mass is 16.5. The van der Waals surface area contributed by atoms with Crippen molar-refractivity contribution in [3.63, 3.8) is 0 Å². The molecule has 2 fully saturated rings. The molecule has 1 aliphatic carbocycles. The predicted octanol–water partition coefficient (Wildman–Crippen LogP) is 6.59. The normalized spacial score (nSPS) is 19.9. The Morgan fingerprint density at radius 2 is 0.738 bits per heavy atom. The summed E-state index contributed by atoms with van der Waals surface area (Å²) in [5, 5.41) is 41.8. The zero-order chi connectivity index (χ0) is 60.2. The zero-order valence-corrected chi connectivity index (χ0v) is 52.0. The van der Waals surface area contributed by atoms with Gasteiger partial charge < -0.3 is 51.7 Å². The van der Waals surface area contributed by atoms with Crippen LogP contribution in [0.25, 0.3) is 0 Å². The molecular weight excluding hydrogens is 1060 g/mol. The molecule has 0 aromatic heterocycles. The van der Waals surface area contributed by atoms with Gasteiger partial charge in [0.25, 0.3) is 0 Å². The minimum Gasteiger partial charge on any atom is -0.493 e. The first-order valence-electron chi connectivity index (χ1n) is 31.1. The maximum absolute atomic E-state index is 12.3. The van der Waals surface area contributed by atoms with E-state index in [1.54, 1.807) is 0 Å². The number of hydrogen-bond acceptors (Lipinski definition) is 18. The predicted molar refractivity (Wildman–Crippen MR) is 337 cm³/mol. The number of rotatable bonds is 30. The Hall–Kier alpha value is -5.78. The summed E-state index contributed by atoms with van der Waals surface area (Å²) < 4.78 is 27.6. The first kappa shape index (κ1) is 65.8. The average molecular weight is 1160 g/mol. The van der Waals surface area contributed by atoms with Crippen molar-refractivity contribution in [2.24, 2.45) is 22.3 Å². The van der Waals surface area contributed by atoms with Gasteiger partial charge in [0.15, 0.2) is 0 Å². The van der Waals surface area contributed by atoms with Crippen LogP contribution in [0.2, 0.25) is 0 Å². The van der Waals surface area contributed by atoms with E-state index >= 15 is 0 Å². The van der Waals surface area contributed by atoms with Gasteiger partial charge in [-0.3, -0.25) is 52.1 Å². The van der Waals surface area contributed by atoms with Crippen LogP contribution in [0.4, 0.5) is 11.4 Å². The van der Waals surface area contributed by atoms with Crippen LogP contribution in [0.15, 0.2) is 60.7 Å². The van der Waals surface area contributed by atoms with Crippen LogP contribution in [-0.2, 0) is 35.3 Å². The van der Waals surface area contributed by atoms with Crippen molar-refractivity contribution >= 4 is 23.2 Å². The van der Waals surface area contributed by atoms with E-state index in [1.165, 1.54) is 0 Å². The highest BCUT2D eigenvalue weighted by Gasteiger charge is 2.31. The summed E-state index contributed by atoms with van der Waals surface area (Å²) in [7, 11) is 0. The maximum atomic E-state index is 12.3. The van der Waals surface area contributed by atoms with E-state index in [0.29, 0.717) is 91.1 Å². The van der Waals surface area contributed by atoms with Crippen LogP contribution in [0.5, 0.6) is 23.0 Å². The molecule has 4 aromatic rings. The average Bonchev–Trinajstić information content (AvgIpc) is 2.47. The number of fused-ring (bicyclic) bond motifs is 8.